The van der Waals surface area contributed by atoms with Crippen LogP contribution in [0.4, 0.5) is 0 Å². The molecule has 1 fully saturated rings. The van der Waals surface area contributed by atoms with Crippen LogP contribution in [0.1, 0.15) is 53.4 Å². The molecule has 0 unspecified atom stereocenters. The first-order chi connectivity index (χ1) is 7.37. The van der Waals surface area contributed by atoms with Gasteiger partial charge < -0.3 is 10.1 Å². The molecule has 0 spiro atoms. The van der Waals surface area contributed by atoms with Crippen LogP contribution >= 0.6 is 0 Å². The molecule has 3 nitrogen and oxygen atoms in total. The molecule has 1 amide bonds. The summed E-state index contributed by atoms with van der Waals surface area (Å²) in [4.78, 5) is 11.5. The van der Waals surface area contributed by atoms with Crippen molar-refractivity contribution in [2.24, 2.45) is 5.41 Å². The summed E-state index contributed by atoms with van der Waals surface area (Å²) in [5.74, 6) is 0.0114. The van der Waals surface area contributed by atoms with Crippen molar-refractivity contribution in [3.05, 3.63) is 0 Å². The summed E-state index contributed by atoms with van der Waals surface area (Å²) in [5.41, 5.74) is 0.185. The van der Waals surface area contributed by atoms with Crippen molar-refractivity contribution < 1.29 is 9.53 Å². The standard InChI is InChI=1S/C13H25NO2/c1-5-6-13(7-8-13)10-14-11(15)9-16-12(2,3)4/h5-10H2,1-4H3,(H,14,15). The van der Waals surface area contributed by atoms with Gasteiger partial charge in [-0.25, -0.2) is 0 Å². The van der Waals surface area contributed by atoms with Crippen LogP contribution in [0.2, 0.25) is 0 Å². The first-order valence-electron chi connectivity index (χ1n) is 6.28. The molecule has 1 rings (SSSR count). The Labute approximate surface area is 98.9 Å². The molecule has 0 atom stereocenters. The van der Waals surface area contributed by atoms with E-state index in [1.165, 1.54) is 25.7 Å². The molecular formula is C13H25NO2. The molecule has 0 saturated heterocycles. The minimum absolute atomic E-state index is 0.0114. The predicted octanol–water partition coefficient (Wildman–Crippen LogP) is 2.50. The maximum Gasteiger partial charge on any atom is 0.246 e. The summed E-state index contributed by atoms with van der Waals surface area (Å²) in [6.07, 6.45) is 4.96. The first-order valence-corrected chi connectivity index (χ1v) is 6.28. The highest BCUT2D eigenvalue weighted by molar-refractivity contribution is 5.77. The second-order valence-corrected chi connectivity index (χ2v) is 5.93. The van der Waals surface area contributed by atoms with Crippen molar-refractivity contribution in [2.75, 3.05) is 13.2 Å². The summed E-state index contributed by atoms with van der Waals surface area (Å²) in [6.45, 7) is 9.07. The van der Waals surface area contributed by atoms with Gasteiger partial charge in [0.25, 0.3) is 0 Å². The van der Waals surface area contributed by atoms with Crippen molar-refractivity contribution in [2.45, 2.75) is 59.0 Å². The average Bonchev–Trinajstić information content (AvgIpc) is 2.92. The van der Waals surface area contributed by atoms with E-state index < -0.39 is 0 Å². The summed E-state index contributed by atoms with van der Waals surface area (Å²) >= 11 is 0. The topological polar surface area (TPSA) is 38.3 Å². The Hall–Kier alpha value is -0.570. The predicted molar refractivity (Wildman–Crippen MR) is 65.3 cm³/mol. The van der Waals surface area contributed by atoms with Gasteiger partial charge in [0.15, 0.2) is 0 Å². The number of carbonyl (C=O) groups excluding carboxylic acids is 1. The second-order valence-electron chi connectivity index (χ2n) is 5.93. The van der Waals surface area contributed by atoms with Gasteiger partial charge in [-0.15, -0.1) is 0 Å². The fraction of sp³-hybridized carbons (Fsp3) is 0.923. The molecular weight excluding hydrogens is 202 g/mol. The van der Waals surface area contributed by atoms with Crippen molar-refractivity contribution in [3.8, 4) is 0 Å². The second kappa shape index (κ2) is 5.17. The Morgan fingerprint density at radius 1 is 1.38 bits per heavy atom. The fourth-order valence-corrected chi connectivity index (χ4v) is 1.84. The van der Waals surface area contributed by atoms with Crippen LogP contribution in [-0.2, 0) is 9.53 Å². The van der Waals surface area contributed by atoms with E-state index in [1.54, 1.807) is 0 Å². The van der Waals surface area contributed by atoms with Gasteiger partial charge >= 0.3 is 0 Å². The molecule has 0 aromatic carbocycles. The highest BCUT2D eigenvalue weighted by Gasteiger charge is 2.41. The zero-order chi connectivity index (χ0) is 12.2. The van der Waals surface area contributed by atoms with Crippen LogP contribution in [-0.4, -0.2) is 24.7 Å². The van der Waals surface area contributed by atoms with E-state index >= 15 is 0 Å². The lowest BCUT2D eigenvalue weighted by atomic mass is 10.0. The number of nitrogens with one attached hydrogen (secondary N) is 1. The highest BCUT2D eigenvalue weighted by Crippen LogP contribution is 2.48. The van der Waals surface area contributed by atoms with Crippen LogP contribution < -0.4 is 5.32 Å². The molecule has 3 heteroatoms. The lowest BCUT2D eigenvalue weighted by molar-refractivity contribution is -0.130. The number of carbonyl (C=O) groups is 1. The Morgan fingerprint density at radius 3 is 2.44 bits per heavy atom. The third-order valence-corrected chi connectivity index (χ3v) is 3.03. The van der Waals surface area contributed by atoms with E-state index in [4.69, 9.17) is 4.74 Å². The summed E-state index contributed by atoms with van der Waals surface area (Å²) in [7, 11) is 0. The van der Waals surface area contributed by atoms with Gasteiger partial charge in [0.1, 0.15) is 6.61 Å². The quantitative estimate of drug-likeness (QED) is 0.757. The van der Waals surface area contributed by atoms with Crippen molar-refractivity contribution in [1.82, 2.24) is 5.32 Å². The van der Waals surface area contributed by atoms with Gasteiger partial charge in [-0.1, -0.05) is 13.3 Å². The van der Waals surface area contributed by atoms with Gasteiger partial charge in [-0.2, -0.15) is 0 Å². The molecule has 16 heavy (non-hydrogen) atoms. The lowest BCUT2D eigenvalue weighted by Crippen LogP contribution is -2.35. The Balaban J connectivity index is 2.16. The molecule has 1 saturated carbocycles. The molecule has 0 heterocycles. The van der Waals surface area contributed by atoms with Gasteiger partial charge in [-0.05, 0) is 45.4 Å². The van der Waals surface area contributed by atoms with Crippen LogP contribution in [0.3, 0.4) is 0 Å². The SMILES string of the molecule is CCCC1(CNC(=O)COC(C)(C)C)CC1. The molecule has 0 bridgehead atoms. The monoisotopic (exact) mass is 227 g/mol. The van der Waals surface area contributed by atoms with Crippen LogP contribution in [0, 0.1) is 5.41 Å². The minimum Gasteiger partial charge on any atom is -0.366 e. The largest absolute Gasteiger partial charge is 0.366 e. The third-order valence-electron chi connectivity index (χ3n) is 3.03. The van der Waals surface area contributed by atoms with Crippen molar-refractivity contribution in [3.63, 3.8) is 0 Å². The van der Waals surface area contributed by atoms with E-state index in [-0.39, 0.29) is 18.1 Å². The van der Waals surface area contributed by atoms with Gasteiger partial charge in [-0.3, -0.25) is 4.79 Å². The number of hydrogen-bond acceptors (Lipinski definition) is 2. The Kier molecular flexibility index (Phi) is 4.36. The van der Waals surface area contributed by atoms with Crippen molar-refractivity contribution in [1.29, 1.82) is 0 Å². The van der Waals surface area contributed by atoms with E-state index in [2.05, 4.69) is 12.2 Å². The fourth-order valence-electron chi connectivity index (χ4n) is 1.84. The van der Waals surface area contributed by atoms with Gasteiger partial charge in [0, 0.05) is 6.54 Å². The normalized spacial score (nSPS) is 18.2. The van der Waals surface area contributed by atoms with Crippen molar-refractivity contribution >= 4 is 5.91 Å². The zero-order valence-electron chi connectivity index (χ0n) is 11.1. The molecule has 1 aliphatic rings. The minimum atomic E-state index is -0.238. The van der Waals surface area contributed by atoms with Crippen LogP contribution in [0.5, 0.6) is 0 Å². The van der Waals surface area contributed by atoms with Crippen LogP contribution in [0.25, 0.3) is 0 Å². The third kappa shape index (κ3) is 4.97. The zero-order valence-corrected chi connectivity index (χ0v) is 11.1. The van der Waals surface area contributed by atoms with E-state index in [9.17, 15) is 4.79 Å². The van der Waals surface area contributed by atoms with E-state index in [1.807, 2.05) is 20.8 Å². The molecule has 0 aliphatic heterocycles. The lowest BCUT2D eigenvalue weighted by Gasteiger charge is -2.20. The summed E-state index contributed by atoms with van der Waals surface area (Å²) < 4.78 is 5.42. The molecule has 94 valence electrons. The number of ether oxygens (including phenoxy) is 1. The molecule has 0 radical (unpaired) electrons. The Morgan fingerprint density at radius 2 is 2.00 bits per heavy atom. The van der Waals surface area contributed by atoms with Crippen LogP contribution in [0.15, 0.2) is 0 Å². The number of rotatable bonds is 6. The summed E-state index contributed by atoms with van der Waals surface area (Å²) in [6, 6.07) is 0. The van der Waals surface area contributed by atoms with Gasteiger partial charge in [0.05, 0.1) is 5.60 Å². The number of hydrogen-bond donors (Lipinski definition) is 1. The molecule has 0 aromatic heterocycles. The van der Waals surface area contributed by atoms with E-state index in [0.29, 0.717) is 5.41 Å². The first kappa shape index (κ1) is 13.5. The Bertz CT molecular complexity index is 239. The molecule has 1 N–H and O–H groups in total. The average molecular weight is 227 g/mol. The molecule has 0 aromatic rings. The maximum absolute atomic E-state index is 11.5. The maximum atomic E-state index is 11.5. The summed E-state index contributed by atoms with van der Waals surface area (Å²) in [5, 5.41) is 2.98. The van der Waals surface area contributed by atoms with E-state index in [0.717, 1.165) is 6.54 Å². The molecule has 1 aliphatic carbocycles. The smallest absolute Gasteiger partial charge is 0.246 e. The highest BCUT2D eigenvalue weighted by atomic mass is 16.5. The van der Waals surface area contributed by atoms with Gasteiger partial charge in [0.2, 0.25) is 5.91 Å². The number of amides is 1.